The zero-order valence-corrected chi connectivity index (χ0v) is 12.6. The Bertz CT molecular complexity index is 542. The molecule has 1 aromatic rings. The fourth-order valence-electron chi connectivity index (χ4n) is 2.56. The van der Waals surface area contributed by atoms with E-state index in [9.17, 15) is 14.9 Å². The zero-order valence-electron chi connectivity index (χ0n) is 11.8. The van der Waals surface area contributed by atoms with Crippen LogP contribution >= 0.6 is 11.6 Å². The maximum absolute atomic E-state index is 12.1. The van der Waals surface area contributed by atoms with Crippen molar-refractivity contribution in [2.75, 3.05) is 6.54 Å². The predicted molar refractivity (Wildman–Crippen MR) is 79.4 cm³/mol. The van der Waals surface area contributed by atoms with Gasteiger partial charge in [0.25, 0.3) is 11.6 Å². The third-order valence-electron chi connectivity index (χ3n) is 3.97. The quantitative estimate of drug-likeness (QED) is 0.525. The molecule has 2 rings (SSSR count). The van der Waals surface area contributed by atoms with E-state index in [-0.39, 0.29) is 16.4 Å². The maximum atomic E-state index is 12.1. The molecule has 0 saturated heterocycles. The smallest absolute Gasteiger partial charge is 0.288 e. The van der Waals surface area contributed by atoms with Gasteiger partial charge in [0.1, 0.15) is 11.3 Å². The number of nitrogens with one attached hydrogen (secondary N) is 1. The monoisotopic (exact) mass is 311 g/mol. The van der Waals surface area contributed by atoms with Crippen LogP contribution in [0.1, 0.15) is 43.0 Å². The molecule has 0 unspecified atom stereocenters. The van der Waals surface area contributed by atoms with Gasteiger partial charge in [-0.05, 0) is 24.7 Å². The molecular formula is C14H18ClN3O3. The van der Waals surface area contributed by atoms with Crippen molar-refractivity contribution in [1.29, 1.82) is 0 Å². The number of nitrogens with zero attached hydrogens (tertiary/aromatic N) is 2. The average Bonchev–Trinajstić information content (AvgIpc) is 2.46. The van der Waals surface area contributed by atoms with E-state index >= 15 is 0 Å². The van der Waals surface area contributed by atoms with Crippen LogP contribution in [0.15, 0.2) is 12.3 Å². The van der Waals surface area contributed by atoms with Gasteiger partial charge < -0.3 is 5.32 Å². The van der Waals surface area contributed by atoms with Crippen molar-refractivity contribution in [2.24, 2.45) is 11.8 Å². The first kappa shape index (κ1) is 15.7. The number of carbonyl (C=O) groups excluding carboxylic acids is 1. The molecule has 1 saturated carbocycles. The van der Waals surface area contributed by atoms with Gasteiger partial charge in [0.05, 0.1) is 10.5 Å². The summed E-state index contributed by atoms with van der Waals surface area (Å²) in [6.45, 7) is 2.81. The van der Waals surface area contributed by atoms with Gasteiger partial charge in [0.2, 0.25) is 0 Å². The lowest BCUT2D eigenvalue weighted by molar-refractivity contribution is -0.385. The van der Waals surface area contributed by atoms with Gasteiger partial charge in [-0.2, -0.15) is 0 Å². The Morgan fingerprint density at radius 1 is 1.48 bits per heavy atom. The highest BCUT2D eigenvalue weighted by Crippen LogP contribution is 2.28. The molecular weight excluding hydrogens is 294 g/mol. The highest BCUT2D eigenvalue weighted by molar-refractivity contribution is 6.32. The molecule has 1 amide bonds. The second kappa shape index (κ2) is 6.85. The van der Waals surface area contributed by atoms with E-state index < -0.39 is 10.8 Å². The molecule has 0 spiro atoms. The number of hydrogen-bond acceptors (Lipinski definition) is 4. The molecule has 0 aromatic carbocycles. The van der Waals surface area contributed by atoms with E-state index in [1.165, 1.54) is 12.8 Å². The first-order valence-electron chi connectivity index (χ1n) is 7.05. The first-order chi connectivity index (χ1) is 9.97. The van der Waals surface area contributed by atoms with Crippen molar-refractivity contribution in [3.05, 3.63) is 33.1 Å². The van der Waals surface area contributed by atoms with Crippen LogP contribution in [0.25, 0.3) is 0 Å². The highest BCUT2D eigenvalue weighted by atomic mass is 35.5. The van der Waals surface area contributed by atoms with Crippen LogP contribution in [0.2, 0.25) is 5.15 Å². The van der Waals surface area contributed by atoms with Crippen LogP contribution in [-0.2, 0) is 0 Å². The van der Waals surface area contributed by atoms with E-state index in [1.807, 2.05) is 0 Å². The molecule has 0 bridgehead atoms. The molecule has 1 heterocycles. The summed E-state index contributed by atoms with van der Waals surface area (Å²) in [5.74, 6) is 0.817. The van der Waals surface area contributed by atoms with Gasteiger partial charge in [-0.25, -0.2) is 4.98 Å². The SMILES string of the molecule is CC1CCC(CNC(=O)c2cc([N+](=O)[O-])cnc2Cl)CC1. The summed E-state index contributed by atoms with van der Waals surface area (Å²) in [6, 6.07) is 1.16. The molecule has 21 heavy (non-hydrogen) atoms. The molecule has 1 aliphatic rings. The number of nitro groups is 1. The lowest BCUT2D eigenvalue weighted by Crippen LogP contribution is -2.31. The second-order valence-corrected chi connectivity index (χ2v) is 5.98. The lowest BCUT2D eigenvalue weighted by atomic mass is 9.83. The van der Waals surface area contributed by atoms with Crippen molar-refractivity contribution in [1.82, 2.24) is 10.3 Å². The Kier molecular flexibility index (Phi) is 5.12. The average molecular weight is 312 g/mol. The van der Waals surface area contributed by atoms with Crippen molar-refractivity contribution in [2.45, 2.75) is 32.6 Å². The summed E-state index contributed by atoms with van der Waals surface area (Å²) < 4.78 is 0. The Labute approximate surface area is 128 Å². The zero-order chi connectivity index (χ0) is 15.4. The van der Waals surface area contributed by atoms with Crippen LogP contribution in [0, 0.1) is 22.0 Å². The van der Waals surface area contributed by atoms with Gasteiger partial charge in [-0.15, -0.1) is 0 Å². The van der Waals surface area contributed by atoms with Crippen molar-refractivity contribution >= 4 is 23.2 Å². The van der Waals surface area contributed by atoms with Crippen LogP contribution < -0.4 is 5.32 Å². The molecule has 1 N–H and O–H groups in total. The van der Waals surface area contributed by atoms with E-state index in [0.29, 0.717) is 12.5 Å². The minimum Gasteiger partial charge on any atom is -0.352 e. The molecule has 0 aliphatic heterocycles. The summed E-state index contributed by atoms with van der Waals surface area (Å²) in [4.78, 5) is 25.9. The van der Waals surface area contributed by atoms with Gasteiger partial charge in [-0.1, -0.05) is 31.4 Å². The number of aromatic nitrogens is 1. The third-order valence-corrected chi connectivity index (χ3v) is 4.27. The minimum atomic E-state index is -0.595. The number of halogens is 1. The lowest BCUT2D eigenvalue weighted by Gasteiger charge is -2.26. The minimum absolute atomic E-state index is 0.0182. The number of pyridine rings is 1. The summed E-state index contributed by atoms with van der Waals surface area (Å²) in [6.07, 6.45) is 5.60. The van der Waals surface area contributed by atoms with Gasteiger partial charge in [0.15, 0.2) is 0 Å². The van der Waals surface area contributed by atoms with Crippen LogP contribution in [0.4, 0.5) is 5.69 Å². The van der Waals surface area contributed by atoms with Crippen LogP contribution in [-0.4, -0.2) is 22.4 Å². The van der Waals surface area contributed by atoms with Gasteiger partial charge >= 0.3 is 0 Å². The topological polar surface area (TPSA) is 85.1 Å². The number of carbonyl (C=O) groups is 1. The number of amides is 1. The molecule has 0 atom stereocenters. The predicted octanol–water partition coefficient (Wildman–Crippen LogP) is 3.20. The molecule has 0 radical (unpaired) electrons. The summed E-state index contributed by atoms with van der Waals surface area (Å²) in [5.41, 5.74) is -0.189. The fraction of sp³-hybridized carbons (Fsp3) is 0.571. The van der Waals surface area contributed by atoms with Crippen molar-refractivity contribution in [3.63, 3.8) is 0 Å². The standard InChI is InChI=1S/C14H18ClN3O3/c1-9-2-4-10(5-3-9)7-17-14(19)12-6-11(18(20)21)8-16-13(12)15/h6,8-10H,2-5,7H2,1H3,(H,17,19). The second-order valence-electron chi connectivity index (χ2n) is 5.62. The van der Waals surface area contributed by atoms with Crippen molar-refractivity contribution < 1.29 is 9.72 Å². The number of hydrogen-bond donors (Lipinski definition) is 1. The molecule has 6 nitrogen and oxygen atoms in total. The molecule has 7 heteroatoms. The fourth-order valence-corrected chi connectivity index (χ4v) is 2.75. The van der Waals surface area contributed by atoms with Crippen molar-refractivity contribution in [3.8, 4) is 0 Å². The summed E-state index contributed by atoms with van der Waals surface area (Å²) in [5, 5.41) is 13.5. The summed E-state index contributed by atoms with van der Waals surface area (Å²) >= 11 is 5.84. The van der Waals surface area contributed by atoms with Gasteiger partial charge in [-0.3, -0.25) is 14.9 Å². The van der Waals surface area contributed by atoms with E-state index in [1.54, 1.807) is 0 Å². The largest absolute Gasteiger partial charge is 0.352 e. The Morgan fingerprint density at radius 3 is 2.76 bits per heavy atom. The van der Waals surface area contributed by atoms with Crippen LogP contribution in [0.5, 0.6) is 0 Å². The Hall–Kier alpha value is -1.69. The third kappa shape index (κ3) is 4.14. The Balaban J connectivity index is 1.97. The normalized spacial score (nSPS) is 21.8. The maximum Gasteiger partial charge on any atom is 0.288 e. The van der Waals surface area contributed by atoms with E-state index in [4.69, 9.17) is 11.6 Å². The first-order valence-corrected chi connectivity index (χ1v) is 7.43. The molecule has 1 fully saturated rings. The number of rotatable bonds is 4. The molecule has 1 aromatic heterocycles. The Morgan fingerprint density at radius 2 is 2.14 bits per heavy atom. The van der Waals surface area contributed by atoms with E-state index in [2.05, 4.69) is 17.2 Å². The highest BCUT2D eigenvalue weighted by Gasteiger charge is 2.21. The van der Waals surface area contributed by atoms with E-state index in [0.717, 1.165) is 31.0 Å². The molecule has 1 aliphatic carbocycles. The summed E-state index contributed by atoms with van der Waals surface area (Å²) in [7, 11) is 0. The molecule has 114 valence electrons. The van der Waals surface area contributed by atoms with Crippen LogP contribution in [0.3, 0.4) is 0 Å². The van der Waals surface area contributed by atoms with Gasteiger partial charge in [0, 0.05) is 12.6 Å².